The Kier molecular flexibility index (Phi) is 8.75. The average Bonchev–Trinajstić information content (AvgIpc) is 3.47. The van der Waals surface area contributed by atoms with E-state index in [0.717, 1.165) is 81.2 Å². The number of rotatable bonds is 8. The molecular weight excluding hydrogens is 546 g/mol. The molecule has 12 nitrogen and oxygen atoms in total. The van der Waals surface area contributed by atoms with Gasteiger partial charge >= 0.3 is 0 Å². The van der Waals surface area contributed by atoms with Gasteiger partial charge in [-0.1, -0.05) is 6.92 Å². The fourth-order valence-electron chi connectivity index (χ4n) is 6.09. The lowest BCUT2D eigenvalue weighted by Crippen LogP contribution is -2.48. The van der Waals surface area contributed by atoms with Crippen LogP contribution in [-0.2, 0) is 16.0 Å². The number of nitrogens with two attached hydrogens (primary N) is 1. The second-order valence-corrected chi connectivity index (χ2v) is 11.3. The van der Waals surface area contributed by atoms with E-state index in [1.165, 1.54) is 0 Å². The van der Waals surface area contributed by atoms with Gasteiger partial charge in [0, 0.05) is 86.4 Å². The van der Waals surface area contributed by atoms with E-state index in [-0.39, 0.29) is 23.7 Å². The highest BCUT2D eigenvalue weighted by molar-refractivity contribution is 5.96. The lowest BCUT2D eigenvalue weighted by atomic mass is 9.99. The average molecular weight is 586 g/mol. The number of benzene rings is 1. The van der Waals surface area contributed by atoms with E-state index in [1.54, 1.807) is 36.7 Å². The van der Waals surface area contributed by atoms with Crippen molar-refractivity contribution in [2.45, 2.75) is 38.5 Å². The summed E-state index contributed by atoms with van der Waals surface area (Å²) >= 11 is 0. The van der Waals surface area contributed by atoms with Crippen molar-refractivity contribution in [3.63, 3.8) is 0 Å². The number of nitrogen functional groups attached to an aromatic ring is 1. The third kappa shape index (κ3) is 6.60. The number of nitrogens with one attached hydrogen (secondary N) is 1. The monoisotopic (exact) mass is 585 g/mol. The zero-order chi connectivity index (χ0) is 29.8. The molecule has 43 heavy (non-hydrogen) atoms. The Morgan fingerprint density at radius 2 is 1.72 bits per heavy atom. The number of piperazine rings is 1. The molecule has 3 N–H and O–H groups in total. The van der Waals surface area contributed by atoms with Crippen molar-refractivity contribution in [2.75, 3.05) is 75.0 Å². The Bertz CT molecular complexity index is 1430. The molecule has 2 fully saturated rings. The third-order valence-electron chi connectivity index (χ3n) is 8.64. The van der Waals surface area contributed by atoms with E-state index in [2.05, 4.69) is 32.0 Å². The number of fused-ring (bicyclic) bond motifs is 1. The largest absolute Gasteiger partial charge is 0.378 e. The van der Waals surface area contributed by atoms with Crippen LogP contribution in [0.15, 0.2) is 36.7 Å². The number of hydrogen-bond acceptors (Lipinski definition) is 10. The van der Waals surface area contributed by atoms with E-state index in [0.29, 0.717) is 43.3 Å². The van der Waals surface area contributed by atoms with E-state index in [1.807, 2.05) is 4.90 Å². The second kappa shape index (κ2) is 13.0. The highest BCUT2D eigenvalue weighted by Crippen LogP contribution is 2.40. The van der Waals surface area contributed by atoms with Crippen molar-refractivity contribution in [1.82, 2.24) is 29.7 Å². The normalized spacial score (nSPS) is 18.9. The highest BCUT2D eigenvalue weighted by Gasteiger charge is 2.31. The van der Waals surface area contributed by atoms with Gasteiger partial charge in [0.05, 0.1) is 24.6 Å². The summed E-state index contributed by atoms with van der Waals surface area (Å²) in [6, 6.07) is 7.20. The van der Waals surface area contributed by atoms with E-state index in [4.69, 9.17) is 20.4 Å². The molecular formula is C31H39N9O3. The maximum Gasteiger partial charge on any atom is 0.253 e. The van der Waals surface area contributed by atoms with E-state index >= 15 is 0 Å². The summed E-state index contributed by atoms with van der Waals surface area (Å²) in [6.45, 7) is 9.15. The van der Waals surface area contributed by atoms with Crippen LogP contribution in [0.3, 0.4) is 0 Å². The van der Waals surface area contributed by atoms with Crippen molar-refractivity contribution in [3.05, 3.63) is 53.5 Å². The van der Waals surface area contributed by atoms with Crippen LogP contribution in [0, 0.1) is 0 Å². The minimum Gasteiger partial charge on any atom is -0.378 e. The van der Waals surface area contributed by atoms with Gasteiger partial charge < -0.3 is 30.5 Å². The molecule has 3 aliphatic rings. The summed E-state index contributed by atoms with van der Waals surface area (Å²) in [5.41, 5.74) is 10.8. The first kappa shape index (κ1) is 28.9. The fraction of sp³-hybridized carbons (Fsp3) is 0.484. The van der Waals surface area contributed by atoms with Crippen LogP contribution >= 0.6 is 0 Å². The first-order valence-corrected chi connectivity index (χ1v) is 15.2. The first-order chi connectivity index (χ1) is 21.0. The van der Waals surface area contributed by atoms with Gasteiger partial charge in [-0.3, -0.25) is 9.59 Å². The molecule has 0 spiro atoms. The number of aromatic nitrogens is 4. The van der Waals surface area contributed by atoms with Crippen molar-refractivity contribution in [1.29, 1.82) is 0 Å². The number of hydrogen-bond donors (Lipinski definition) is 2. The Balaban J connectivity index is 1.10. The molecule has 2 aromatic heterocycles. The minimum atomic E-state index is -0.0576. The summed E-state index contributed by atoms with van der Waals surface area (Å²) < 4.78 is 5.53. The summed E-state index contributed by atoms with van der Waals surface area (Å²) in [5, 5.41) is 3.00. The third-order valence-corrected chi connectivity index (χ3v) is 8.64. The Labute approximate surface area is 251 Å². The Hall–Kier alpha value is -4.16. The molecule has 12 heteroatoms. The SMILES string of the molecule is CCN1CCN(C(=O)c2ccc(NC(=O)CCC3CCc4c(-c5cnc(N)nc5)nc(N5CCOCC5)nc43)cc2)CC1. The topological polar surface area (TPSA) is 143 Å². The van der Waals surface area contributed by atoms with Crippen LogP contribution in [0.5, 0.6) is 0 Å². The zero-order valence-electron chi connectivity index (χ0n) is 24.7. The number of nitrogens with zero attached hydrogens (tertiary/aromatic N) is 7. The first-order valence-electron chi connectivity index (χ1n) is 15.2. The molecule has 0 saturated carbocycles. The van der Waals surface area contributed by atoms with Crippen molar-refractivity contribution in [2.24, 2.45) is 0 Å². The molecule has 1 aliphatic carbocycles. The predicted octanol–water partition coefficient (Wildman–Crippen LogP) is 2.58. The van der Waals surface area contributed by atoms with Crippen LogP contribution in [0.1, 0.15) is 53.7 Å². The van der Waals surface area contributed by atoms with Gasteiger partial charge in [0.15, 0.2) is 0 Å². The lowest BCUT2D eigenvalue weighted by molar-refractivity contribution is -0.116. The quantitative estimate of drug-likeness (QED) is 0.405. The fourth-order valence-corrected chi connectivity index (χ4v) is 6.09. The van der Waals surface area contributed by atoms with Crippen molar-refractivity contribution < 1.29 is 14.3 Å². The Morgan fingerprint density at radius 1 is 1.00 bits per heavy atom. The van der Waals surface area contributed by atoms with Crippen molar-refractivity contribution >= 4 is 29.4 Å². The van der Waals surface area contributed by atoms with Crippen molar-refractivity contribution in [3.8, 4) is 11.3 Å². The maximum atomic E-state index is 13.0. The molecule has 4 heterocycles. The molecule has 0 radical (unpaired) electrons. The van der Waals surface area contributed by atoms with Crippen LogP contribution in [0.2, 0.25) is 0 Å². The number of ether oxygens (including phenoxy) is 1. The van der Waals surface area contributed by atoms with E-state index < -0.39 is 0 Å². The molecule has 3 aromatic rings. The number of anilines is 3. The van der Waals surface area contributed by atoms with Crippen LogP contribution in [-0.4, -0.2) is 101 Å². The van der Waals surface area contributed by atoms with Gasteiger partial charge in [-0.25, -0.2) is 19.9 Å². The molecule has 226 valence electrons. The molecule has 0 bridgehead atoms. The maximum absolute atomic E-state index is 13.0. The minimum absolute atomic E-state index is 0.0388. The second-order valence-electron chi connectivity index (χ2n) is 11.3. The predicted molar refractivity (Wildman–Crippen MR) is 164 cm³/mol. The molecule has 1 atom stereocenters. The van der Waals surface area contributed by atoms with Crippen LogP contribution in [0.25, 0.3) is 11.3 Å². The summed E-state index contributed by atoms with van der Waals surface area (Å²) in [7, 11) is 0. The van der Waals surface area contributed by atoms with Gasteiger partial charge in [-0.2, -0.15) is 0 Å². The summed E-state index contributed by atoms with van der Waals surface area (Å²) in [6.07, 6.45) is 6.18. The molecule has 2 aliphatic heterocycles. The van der Waals surface area contributed by atoms with Gasteiger partial charge in [0.25, 0.3) is 5.91 Å². The number of carbonyl (C=O) groups is 2. The summed E-state index contributed by atoms with van der Waals surface area (Å²) in [5.74, 6) is 1.02. The number of likely N-dealkylation sites (N-methyl/N-ethyl adjacent to an activating group) is 1. The lowest BCUT2D eigenvalue weighted by Gasteiger charge is -2.34. The smallest absolute Gasteiger partial charge is 0.253 e. The molecule has 1 unspecified atom stereocenters. The molecule has 2 amide bonds. The molecule has 6 rings (SSSR count). The standard InChI is InChI=1S/C31H39N9O3/c1-2-38-11-13-39(14-12-38)29(42)22-3-7-24(8-4-22)35-26(41)10-6-21-5-9-25-27(21)36-31(40-15-17-43-18-16-40)37-28(25)23-19-33-30(32)34-20-23/h3-4,7-8,19-21H,2,5-6,9-18H2,1H3,(H,35,41)(H2,32,33,34). The number of carbonyl (C=O) groups excluding carboxylic acids is 2. The van der Waals surface area contributed by atoms with E-state index in [9.17, 15) is 9.59 Å². The number of morpholine rings is 1. The zero-order valence-corrected chi connectivity index (χ0v) is 24.7. The summed E-state index contributed by atoms with van der Waals surface area (Å²) in [4.78, 5) is 50.6. The van der Waals surface area contributed by atoms with Crippen LogP contribution in [0.4, 0.5) is 17.6 Å². The molecule has 1 aromatic carbocycles. The van der Waals surface area contributed by atoms with Gasteiger partial charge in [-0.05, 0) is 50.1 Å². The molecule has 2 saturated heterocycles. The van der Waals surface area contributed by atoms with Gasteiger partial charge in [0.2, 0.25) is 17.8 Å². The number of amides is 2. The van der Waals surface area contributed by atoms with Gasteiger partial charge in [0.1, 0.15) is 0 Å². The highest BCUT2D eigenvalue weighted by atomic mass is 16.5. The van der Waals surface area contributed by atoms with Gasteiger partial charge in [-0.15, -0.1) is 0 Å². The Morgan fingerprint density at radius 3 is 2.42 bits per heavy atom. The van der Waals surface area contributed by atoms with Crippen LogP contribution < -0.4 is 16.0 Å².